The Kier molecular flexibility index (Phi) is 2.53. The smallest absolute Gasteiger partial charge is 0.0931 e. The first-order valence-corrected chi connectivity index (χ1v) is 7.74. The van der Waals surface area contributed by atoms with Crippen molar-refractivity contribution in [2.45, 2.75) is 0 Å². The second-order valence-corrected chi connectivity index (χ2v) is 5.82. The molecule has 1 aromatic heterocycles. The molecule has 5 aromatic rings. The summed E-state index contributed by atoms with van der Waals surface area (Å²) in [6.07, 6.45) is 1.74. The van der Waals surface area contributed by atoms with E-state index >= 15 is 0 Å². The van der Waals surface area contributed by atoms with Crippen LogP contribution in [0.15, 0.2) is 79.1 Å². The third-order valence-corrected chi connectivity index (χ3v) is 4.52. The monoisotopic (exact) mass is 294 g/mol. The number of hydrogen-bond donors (Lipinski definition) is 1. The van der Waals surface area contributed by atoms with Crippen LogP contribution in [0.2, 0.25) is 0 Å². The predicted octanol–water partition coefficient (Wildman–Crippen LogP) is 5.54. The number of H-pyrrole nitrogens is 1. The fraction of sp³-hybridized carbons (Fsp3) is 0. The molecular formula is C21H14N2. The van der Waals surface area contributed by atoms with Crippen molar-refractivity contribution in [3.8, 4) is 11.1 Å². The van der Waals surface area contributed by atoms with Gasteiger partial charge in [-0.05, 0) is 44.8 Å². The number of imidazole rings is 1. The highest BCUT2D eigenvalue weighted by atomic mass is 14.9. The number of nitrogens with zero attached hydrogens (tertiary/aromatic N) is 1. The van der Waals surface area contributed by atoms with Crippen molar-refractivity contribution in [3.05, 3.63) is 79.1 Å². The number of nitrogens with one attached hydrogen (secondary N) is 1. The lowest BCUT2D eigenvalue weighted by Gasteiger charge is -2.09. The predicted molar refractivity (Wildman–Crippen MR) is 96.5 cm³/mol. The fourth-order valence-electron chi connectivity index (χ4n) is 3.40. The average molecular weight is 294 g/mol. The molecule has 1 heterocycles. The first-order valence-electron chi connectivity index (χ1n) is 7.74. The van der Waals surface area contributed by atoms with Gasteiger partial charge in [-0.15, -0.1) is 0 Å². The van der Waals surface area contributed by atoms with Crippen molar-refractivity contribution in [1.29, 1.82) is 0 Å². The lowest BCUT2D eigenvalue weighted by atomic mass is 9.94. The quantitative estimate of drug-likeness (QED) is 0.404. The van der Waals surface area contributed by atoms with Gasteiger partial charge in [0, 0.05) is 0 Å². The third-order valence-electron chi connectivity index (χ3n) is 4.52. The number of hydrogen-bond acceptors (Lipinski definition) is 1. The third kappa shape index (κ3) is 1.85. The lowest BCUT2D eigenvalue weighted by molar-refractivity contribution is 1.34. The van der Waals surface area contributed by atoms with Crippen LogP contribution in [0.3, 0.4) is 0 Å². The Bertz CT molecular complexity index is 1170. The van der Waals surface area contributed by atoms with Crippen molar-refractivity contribution in [2.75, 3.05) is 0 Å². The molecule has 0 saturated carbocycles. The van der Waals surface area contributed by atoms with Crippen molar-refractivity contribution >= 4 is 32.6 Å². The summed E-state index contributed by atoms with van der Waals surface area (Å²) in [5, 5.41) is 5.16. The number of rotatable bonds is 1. The second kappa shape index (κ2) is 4.68. The van der Waals surface area contributed by atoms with Gasteiger partial charge in [0.15, 0.2) is 0 Å². The first kappa shape index (κ1) is 12.4. The molecule has 0 amide bonds. The molecule has 2 heteroatoms. The number of fused-ring (bicyclic) bond motifs is 4. The molecule has 0 spiro atoms. The number of benzene rings is 4. The molecular weight excluding hydrogens is 280 g/mol. The molecule has 0 saturated heterocycles. The van der Waals surface area contributed by atoms with Gasteiger partial charge in [-0.1, -0.05) is 60.7 Å². The van der Waals surface area contributed by atoms with E-state index in [-0.39, 0.29) is 0 Å². The van der Waals surface area contributed by atoms with Crippen LogP contribution in [-0.2, 0) is 0 Å². The summed E-state index contributed by atoms with van der Waals surface area (Å²) in [4.78, 5) is 7.50. The summed E-state index contributed by atoms with van der Waals surface area (Å²) < 4.78 is 0. The SMILES string of the molecule is c1ccc2c(c1)ccc1c(-c3ccc4nc[nH]c4c3)cccc12. The van der Waals surface area contributed by atoms with Gasteiger partial charge in [-0.25, -0.2) is 4.98 Å². The molecule has 0 fully saturated rings. The summed E-state index contributed by atoms with van der Waals surface area (Å²) in [5.74, 6) is 0. The van der Waals surface area contributed by atoms with Crippen LogP contribution < -0.4 is 0 Å². The Hall–Kier alpha value is -3.13. The van der Waals surface area contributed by atoms with Gasteiger partial charge in [0.2, 0.25) is 0 Å². The molecule has 1 N–H and O–H groups in total. The van der Waals surface area contributed by atoms with Gasteiger partial charge in [0.1, 0.15) is 0 Å². The standard InChI is InChI=1S/C21H14N2/c1-2-5-16-14(4-1)8-10-19-17(6-3-7-18(16)19)15-9-11-20-21(12-15)23-13-22-20/h1-13H,(H,22,23). The van der Waals surface area contributed by atoms with Gasteiger partial charge < -0.3 is 4.98 Å². The maximum Gasteiger partial charge on any atom is 0.0931 e. The molecule has 0 aliphatic heterocycles. The van der Waals surface area contributed by atoms with Crippen LogP contribution in [0.1, 0.15) is 0 Å². The highest BCUT2D eigenvalue weighted by Crippen LogP contribution is 2.33. The largest absolute Gasteiger partial charge is 0.345 e. The Labute approximate surface area is 133 Å². The van der Waals surface area contributed by atoms with Crippen molar-refractivity contribution in [1.82, 2.24) is 9.97 Å². The molecule has 0 radical (unpaired) electrons. The van der Waals surface area contributed by atoms with Crippen LogP contribution in [0, 0.1) is 0 Å². The maximum absolute atomic E-state index is 4.30. The zero-order valence-corrected chi connectivity index (χ0v) is 12.5. The topological polar surface area (TPSA) is 28.7 Å². The van der Waals surface area contributed by atoms with E-state index in [0.717, 1.165) is 11.0 Å². The van der Waals surface area contributed by atoms with E-state index in [0.29, 0.717) is 0 Å². The molecule has 0 unspecified atom stereocenters. The number of aromatic nitrogens is 2. The van der Waals surface area contributed by atoms with Crippen molar-refractivity contribution in [2.24, 2.45) is 0 Å². The Balaban J connectivity index is 1.85. The van der Waals surface area contributed by atoms with Crippen LogP contribution in [0.25, 0.3) is 43.7 Å². The van der Waals surface area contributed by atoms with Crippen LogP contribution in [0.5, 0.6) is 0 Å². The summed E-state index contributed by atoms with van der Waals surface area (Å²) in [7, 11) is 0. The van der Waals surface area contributed by atoms with Crippen LogP contribution in [-0.4, -0.2) is 9.97 Å². The minimum absolute atomic E-state index is 0.999. The van der Waals surface area contributed by atoms with Crippen LogP contribution >= 0.6 is 0 Å². The first-order chi connectivity index (χ1) is 11.4. The molecule has 108 valence electrons. The van der Waals surface area contributed by atoms with Crippen molar-refractivity contribution in [3.63, 3.8) is 0 Å². The summed E-state index contributed by atoms with van der Waals surface area (Å²) in [6.45, 7) is 0. The van der Waals surface area contributed by atoms with Crippen molar-refractivity contribution < 1.29 is 0 Å². The minimum atomic E-state index is 0.999. The van der Waals surface area contributed by atoms with E-state index in [9.17, 15) is 0 Å². The fourth-order valence-corrected chi connectivity index (χ4v) is 3.40. The Morgan fingerprint density at radius 1 is 0.696 bits per heavy atom. The highest BCUT2D eigenvalue weighted by molar-refractivity contribution is 6.12. The molecule has 0 aliphatic rings. The zero-order valence-electron chi connectivity index (χ0n) is 12.5. The molecule has 4 aromatic carbocycles. The van der Waals surface area contributed by atoms with E-state index < -0.39 is 0 Å². The molecule has 0 bridgehead atoms. The molecule has 2 nitrogen and oxygen atoms in total. The molecule has 5 rings (SSSR count). The maximum atomic E-state index is 4.30. The van der Waals surface area contributed by atoms with Gasteiger partial charge in [0.25, 0.3) is 0 Å². The van der Waals surface area contributed by atoms with Gasteiger partial charge >= 0.3 is 0 Å². The average Bonchev–Trinajstić information content (AvgIpc) is 3.08. The van der Waals surface area contributed by atoms with E-state index in [1.807, 2.05) is 0 Å². The Morgan fingerprint density at radius 3 is 2.61 bits per heavy atom. The zero-order chi connectivity index (χ0) is 15.2. The van der Waals surface area contributed by atoms with Gasteiger partial charge in [-0.2, -0.15) is 0 Å². The number of aromatic amines is 1. The summed E-state index contributed by atoms with van der Waals surface area (Å²) in [6, 6.07) is 25.9. The normalized spacial score (nSPS) is 11.5. The Morgan fingerprint density at radius 2 is 1.61 bits per heavy atom. The van der Waals surface area contributed by atoms with Crippen LogP contribution in [0.4, 0.5) is 0 Å². The van der Waals surface area contributed by atoms with Gasteiger partial charge in [-0.3, -0.25) is 0 Å². The van der Waals surface area contributed by atoms with E-state index in [4.69, 9.17) is 0 Å². The highest BCUT2D eigenvalue weighted by Gasteiger charge is 2.07. The second-order valence-electron chi connectivity index (χ2n) is 5.82. The summed E-state index contributed by atoms with van der Waals surface area (Å²) >= 11 is 0. The molecule has 0 aliphatic carbocycles. The molecule has 0 atom stereocenters. The minimum Gasteiger partial charge on any atom is -0.345 e. The van der Waals surface area contributed by atoms with Gasteiger partial charge in [0.05, 0.1) is 17.4 Å². The summed E-state index contributed by atoms with van der Waals surface area (Å²) in [5.41, 5.74) is 4.53. The van der Waals surface area contributed by atoms with E-state index in [1.165, 1.54) is 32.7 Å². The van der Waals surface area contributed by atoms with E-state index in [1.54, 1.807) is 6.33 Å². The van der Waals surface area contributed by atoms with E-state index in [2.05, 4.69) is 82.8 Å². The lowest BCUT2D eigenvalue weighted by Crippen LogP contribution is -1.83. The molecule has 23 heavy (non-hydrogen) atoms.